The average Bonchev–Trinajstić information content (AvgIpc) is 2.53. The zero-order chi connectivity index (χ0) is 18.0. The van der Waals surface area contributed by atoms with Crippen LogP contribution in [-0.4, -0.2) is 28.4 Å². The van der Waals surface area contributed by atoms with Crippen molar-refractivity contribution >= 4 is 23.2 Å². The Morgan fingerprint density at radius 3 is 2.80 bits per heavy atom. The minimum Gasteiger partial charge on any atom is -0.482 e. The number of benzene rings is 1. The van der Waals surface area contributed by atoms with Gasteiger partial charge in [0.15, 0.2) is 6.61 Å². The molecule has 2 heterocycles. The number of aromatic amines is 2. The Hall–Kier alpha value is -3.36. The minimum atomic E-state index is -0.575. The molecule has 1 aliphatic rings. The second-order valence-electron chi connectivity index (χ2n) is 5.61. The van der Waals surface area contributed by atoms with Crippen molar-refractivity contribution in [2.24, 2.45) is 0 Å². The zero-order valence-corrected chi connectivity index (χ0v) is 13.4. The largest absolute Gasteiger partial charge is 0.482 e. The molecule has 0 unspecified atom stereocenters. The molecule has 3 rings (SSSR count). The van der Waals surface area contributed by atoms with Gasteiger partial charge in [-0.15, -0.1) is 0 Å². The van der Waals surface area contributed by atoms with Gasteiger partial charge in [0.2, 0.25) is 5.91 Å². The van der Waals surface area contributed by atoms with Crippen LogP contribution in [0, 0.1) is 6.92 Å². The molecular formula is C16H16N4O5. The van der Waals surface area contributed by atoms with Crippen molar-refractivity contribution < 1.29 is 14.3 Å². The molecule has 0 radical (unpaired) electrons. The first-order chi connectivity index (χ1) is 11.9. The number of H-pyrrole nitrogens is 2. The number of ether oxygens (including phenoxy) is 1. The molecule has 130 valence electrons. The number of nitrogens with one attached hydrogen (secondary N) is 4. The number of aromatic nitrogens is 2. The summed E-state index contributed by atoms with van der Waals surface area (Å²) in [5.74, 6) is -0.0234. The highest BCUT2D eigenvalue weighted by molar-refractivity contribution is 5.97. The van der Waals surface area contributed by atoms with Crippen LogP contribution in [0.2, 0.25) is 0 Å². The highest BCUT2D eigenvalue weighted by Gasteiger charge is 2.16. The van der Waals surface area contributed by atoms with Crippen LogP contribution < -0.4 is 26.6 Å². The van der Waals surface area contributed by atoms with Crippen molar-refractivity contribution in [2.75, 3.05) is 17.2 Å². The lowest BCUT2D eigenvalue weighted by Crippen LogP contribution is -2.28. The van der Waals surface area contributed by atoms with Gasteiger partial charge in [0, 0.05) is 23.4 Å². The molecule has 0 aliphatic carbocycles. The Labute approximate surface area is 141 Å². The van der Waals surface area contributed by atoms with E-state index in [1.807, 2.05) is 0 Å². The van der Waals surface area contributed by atoms with E-state index < -0.39 is 11.2 Å². The summed E-state index contributed by atoms with van der Waals surface area (Å²) in [7, 11) is 0. The van der Waals surface area contributed by atoms with Crippen LogP contribution in [0.4, 0.5) is 11.4 Å². The average molecular weight is 344 g/mol. The first-order valence-electron chi connectivity index (χ1n) is 7.61. The molecule has 0 bridgehead atoms. The topological polar surface area (TPSA) is 133 Å². The van der Waals surface area contributed by atoms with E-state index in [1.165, 1.54) is 0 Å². The third kappa shape index (κ3) is 3.77. The maximum Gasteiger partial charge on any atom is 0.325 e. The van der Waals surface area contributed by atoms with Crippen molar-refractivity contribution in [1.29, 1.82) is 0 Å². The number of rotatable bonds is 4. The molecule has 1 aliphatic heterocycles. The highest BCUT2D eigenvalue weighted by Crippen LogP contribution is 2.30. The number of amides is 2. The molecule has 0 saturated carbocycles. The fraction of sp³-hybridized carbons (Fsp3) is 0.250. The van der Waals surface area contributed by atoms with E-state index >= 15 is 0 Å². The van der Waals surface area contributed by atoms with E-state index in [2.05, 4.69) is 20.6 Å². The Morgan fingerprint density at radius 1 is 1.24 bits per heavy atom. The van der Waals surface area contributed by atoms with E-state index in [9.17, 15) is 19.2 Å². The second kappa shape index (κ2) is 6.63. The summed E-state index contributed by atoms with van der Waals surface area (Å²) in [6.45, 7) is 1.57. The lowest BCUT2D eigenvalue weighted by molar-refractivity contribution is -0.118. The fourth-order valence-electron chi connectivity index (χ4n) is 2.55. The van der Waals surface area contributed by atoms with Crippen molar-refractivity contribution in [1.82, 2.24) is 9.97 Å². The molecule has 0 saturated heterocycles. The Morgan fingerprint density at radius 2 is 2.04 bits per heavy atom. The van der Waals surface area contributed by atoms with Crippen molar-refractivity contribution in [3.05, 3.63) is 50.3 Å². The molecule has 0 spiro atoms. The highest BCUT2D eigenvalue weighted by atomic mass is 16.5. The van der Waals surface area contributed by atoms with Crippen molar-refractivity contribution in [2.45, 2.75) is 19.8 Å². The zero-order valence-electron chi connectivity index (χ0n) is 13.4. The first kappa shape index (κ1) is 16.5. The molecule has 9 nitrogen and oxygen atoms in total. The van der Waals surface area contributed by atoms with Gasteiger partial charge in [-0.3, -0.25) is 19.4 Å². The van der Waals surface area contributed by atoms with E-state index in [0.29, 0.717) is 28.4 Å². The molecule has 0 atom stereocenters. The SMILES string of the molecule is Cc1[nH]c(=O)[nH]c(=O)c1CCC(=O)Nc1ccc2c(c1)NC(=O)CO2. The van der Waals surface area contributed by atoms with Gasteiger partial charge in [0.1, 0.15) is 5.75 Å². The summed E-state index contributed by atoms with van der Waals surface area (Å²) in [5, 5.41) is 5.35. The standard InChI is InChI=1S/C16H16N4O5/c1-8-10(15(23)20-16(24)17-8)3-5-13(21)18-9-2-4-12-11(6-9)19-14(22)7-25-12/h2,4,6H,3,5,7H2,1H3,(H,18,21)(H,19,22)(H2,17,20,23,24). The minimum absolute atomic E-state index is 0.0359. The van der Waals surface area contributed by atoms with Crippen LogP contribution in [0.15, 0.2) is 27.8 Å². The number of aryl methyl sites for hydroxylation is 1. The monoisotopic (exact) mass is 344 g/mol. The maximum atomic E-state index is 12.1. The molecule has 9 heteroatoms. The number of anilines is 2. The van der Waals surface area contributed by atoms with Crippen LogP contribution in [-0.2, 0) is 16.0 Å². The number of fused-ring (bicyclic) bond motifs is 1. The third-order valence-electron chi connectivity index (χ3n) is 3.75. The van der Waals surface area contributed by atoms with Gasteiger partial charge in [0.05, 0.1) is 5.69 Å². The van der Waals surface area contributed by atoms with Gasteiger partial charge < -0.3 is 20.4 Å². The molecular weight excluding hydrogens is 328 g/mol. The quantitative estimate of drug-likeness (QED) is 0.632. The van der Waals surface area contributed by atoms with Crippen LogP contribution in [0.1, 0.15) is 17.7 Å². The number of hydrogen-bond acceptors (Lipinski definition) is 5. The smallest absolute Gasteiger partial charge is 0.325 e. The van der Waals surface area contributed by atoms with Gasteiger partial charge in [-0.2, -0.15) is 0 Å². The van der Waals surface area contributed by atoms with Gasteiger partial charge in [-0.1, -0.05) is 0 Å². The molecule has 2 amide bonds. The normalized spacial score (nSPS) is 12.8. The molecule has 4 N–H and O–H groups in total. The summed E-state index contributed by atoms with van der Waals surface area (Å²) >= 11 is 0. The summed E-state index contributed by atoms with van der Waals surface area (Å²) in [6.07, 6.45) is 0.254. The Kier molecular flexibility index (Phi) is 4.38. The Balaban J connectivity index is 1.66. The summed E-state index contributed by atoms with van der Waals surface area (Å²) in [4.78, 5) is 51.0. The van der Waals surface area contributed by atoms with E-state index in [1.54, 1.807) is 25.1 Å². The molecule has 25 heavy (non-hydrogen) atoms. The molecule has 2 aromatic rings. The lowest BCUT2D eigenvalue weighted by atomic mass is 10.1. The molecule has 1 aromatic heterocycles. The Bertz CT molecular complexity index is 960. The van der Waals surface area contributed by atoms with E-state index in [4.69, 9.17) is 4.74 Å². The van der Waals surface area contributed by atoms with Gasteiger partial charge in [-0.25, -0.2) is 4.79 Å². The van der Waals surface area contributed by atoms with Crippen LogP contribution in [0.3, 0.4) is 0 Å². The molecule has 0 fully saturated rings. The third-order valence-corrected chi connectivity index (χ3v) is 3.75. The lowest BCUT2D eigenvalue weighted by Gasteiger charge is -2.18. The van der Waals surface area contributed by atoms with Gasteiger partial charge in [-0.05, 0) is 31.5 Å². The number of carbonyl (C=O) groups excluding carboxylic acids is 2. The van der Waals surface area contributed by atoms with Gasteiger partial charge >= 0.3 is 5.69 Å². The van der Waals surface area contributed by atoms with Crippen molar-refractivity contribution in [3.63, 3.8) is 0 Å². The maximum absolute atomic E-state index is 12.1. The summed E-state index contributed by atoms with van der Waals surface area (Å²) < 4.78 is 5.25. The fourth-order valence-corrected chi connectivity index (χ4v) is 2.55. The summed E-state index contributed by atoms with van der Waals surface area (Å²) in [6, 6.07) is 4.91. The van der Waals surface area contributed by atoms with Gasteiger partial charge in [0.25, 0.3) is 11.5 Å². The van der Waals surface area contributed by atoms with Crippen LogP contribution in [0.5, 0.6) is 5.75 Å². The predicted molar refractivity (Wildman–Crippen MR) is 89.9 cm³/mol. The van der Waals surface area contributed by atoms with E-state index in [-0.39, 0.29) is 31.3 Å². The van der Waals surface area contributed by atoms with Crippen molar-refractivity contribution in [3.8, 4) is 5.75 Å². The predicted octanol–water partition coefficient (Wildman–Crippen LogP) is 0.274. The summed E-state index contributed by atoms with van der Waals surface area (Å²) in [5.41, 5.74) is 0.719. The first-order valence-corrected chi connectivity index (χ1v) is 7.61. The number of hydrogen-bond donors (Lipinski definition) is 4. The van der Waals surface area contributed by atoms with Crippen LogP contribution >= 0.6 is 0 Å². The second-order valence-corrected chi connectivity index (χ2v) is 5.61. The van der Waals surface area contributed by atoms with E-state index in [0.717, 1.165) is 0 Å². The molecule has 1 aromatic carbocycles. The number of carbonyl (C=O) groups is 2. The van der Waals surface area contributed by atoms with Crippen LogP contribution in [0.25, 0.3) is 0 Å².